The van der Waals surface area contributed by atoms with Gasteiger partial charge in [-0.2, -0.15) is 10.2 Å². The number of aromatic amines is 1. The summed E-state index contributed by atoms with van der Waals surface area (Å²) in [6, 6.07) is 1.89. The molecule has 2 aromatic rings. The van der Waals surface area contributed by atoms with Crippen LogP contribution >= 0.6 is 0 Å². The molecule has 0 atom stereocenters. The molecule has 0 bridgehead atoms. The molecule has 0 aliphatic rings. The van der Waals surface area contributed by atoms with Crippen LogP contribution in [-0.4, -0.2) is 43.9 Å². The molecule has 0 aliphatic carbocycles. The quantitative estimate of drug-likeness (QED) is 0.864. The Labute approximate surface area is 118 Å². The molecule has 6 heteroatoms. The molecule has 0 unspecified atom stereocenters. The zero-order valence-electron chi connectivity index (χ0n) is 12.3. The number of aryl methyl sites for hydroxylation is 2. The van der Waals surface area contributed by atoms with Gasteiger partial charge in [-0.05, 0) is 26.8 Å². The van der Waals surface area contributed by atoms with E-state index in [1.165, 1.54) is 0 Å². The standard InChI is InChI=1S/C14H21N5O/c1-4-18(8-9-19-7-5-6-15-19)14(20)10-13-11(2)16-17-12(13)3/h5-7H,4,8-10H2,1-3H3,(H,16,17). The summed E-state index contributed by atoms with van der Waals surface area (Å²) in [6.07, 6.45) is 4.06. The van der Waals surface area contributed by atoms with Gasteiger partial charge in [-0.15, -0.1) is 0 Å². The number of carbonyl (C=O) groups is 1. The highest BCUT2D eigenvalue weighted by atomic mass is 16.2. The van der Waals surface area contributed by atoms with E-state index in [9.17, 15) is 4.79 Å². The summed E-state index contributed by atoms with van der Waals surface area (Å²) in [5, 5.41) is 11.2. The van der Waals surface area contributed by atoms with Gasteiger partial charge >= 0.3 is 0 Å². The first-order valence-electron chi connectivity index (χ1n) is 6.87. The van der Waals surface area contributed by atoms with Crippen LogP contribution in [0.5, 0.6) is 0 Å². The van der Waals surface area contributed by atoms with Crippen molar-refractivity contribution in [2.75, 3.05) is 13.1 Å². The van der Waals surface area contributed by atoms with E-state index in [1.54, 1.807) is 6.20 Å². The zero-order chi connectivity index (χ0) is 14.5. The Morgan fingerprint density at radius 2 is 2.25 bits per heavy atom. The molecule has 2 aromatic heterocycles. The molecule has 0 fully saturated rings. The van der Waals surface area contributed by atoms with Crippen LogP contribution < -0.4 is 0 Å². The third kappa shape index (κ3) is 3.26. The summed E-state index contributed by atoms with van der Waals surface area (Å²) in [5.41, 5.74) is 2.88. The lowest BCUT2D eigenvalue weighted by molar-refractivity contribution is -0.130. The molecule has 6 nitrogen and oxygen atoms in total. The van der Waals surface area contributed by atoms with Crippen LogP contribution in [0.1, 0.15) is 23.9 Å². The van der Waals surface area contributed by atoms with E-state index < -0.39 is 0 Å². The summed E-state index contributed by atoms with van der Waals surface area (Å²) < 4.78 is 1.84. The minimum absolute atomic E-state index is 0.132. The SMILES string of the molecule is CCN(CCn1cccn1)C(=O)Cc1c(C)n[nH]c1C. The molecule has 0 aromatic carbocycles. The van der Waals surface area contributed by atoms with Crippen molar-refractivity contribution < 1.29 is 4.79 Å². The fourth-order valence-electron chi connectivity index (χ4n) is 2.21. The summed E-state index contributed by atoms with van der Waals surface area (Å²) in [7, 11) is 0. The van der Waals surface area contributed by atoms with E-state index in [4.69, 9.17) is 0 Å². The maximum absolute atomic E-state index is 12.4. The van der Waals surface area contributed by atoms with Crippen LogP contribution in [-0.2, 0) is 17.8 Å². The van der Waals surface area contributed by atoms with Crippen LogP contribution in [0.15, 0.2) is 18.5 Å². The smallest absolute Gasteiger partial charge is 0.227 e. The third-order valence-corrected chi connectivity index (χ3v) is 3.50. The first-order chi connectivity index (χ1) is 9.61. The second-order valence-electron chi connectivity index (χ2n) is 4.83. The molecule has 0 spiro atoms. The molecule has 108 valence electrons. The lowest BCUT2D eigenvalue weighted by Crippen LogP contribution is -2.35. The highest BCUT2D eigenvalue weighted by Crippen LogP contribution is 2.11. The Bertz CT molecular complexity index is 539. The molecule has 0 saturated carbocycles. The van der Waals surface area contributed by atoms with Gasteiger partial charge in [0.1, 0.15) is 0 Å². The monoisotopic (exact) mass is 275 g/mol. The Morgan fingerprint density at radius 1 is 1.45 bits per heavy atom. The van der Waals surface area contributed by atoms with Crippen molar-refractivity contribution >= 4 is 5.91 Å². The number of aromatic nitrogens is 4. The first-order valence-corrected chi connectivity index (χ1v) is 6.87. The van der Waals surface area contributed by atoms with Crippen LogP contribution in [0, 0.1) is 13.8 Å². The molecule has 0 radical (unpaired) electrons. The van der Waals surface area contributed by atoms with Crippen LogP contribution in [0.2, 0.25) is 0 Å². The lowest BCUT2D eigenvalue weighted by atomic mass is 10.1. The molecule has 0 saturated heterocycles. The molecule has 2 heterocycles. The van der Waals surface area contributed by atoms with Gasteiger partial charge in [0.05, 0.1) is 18.7 Å². The van der Waals surface area contributed by atoms with Crippen molar-refractivity contribution in [3.63, 3.8) is 0 Å². The van der Waals surface area contributed by atoms with E-state index >= 15 is 0 Å². The fourth-order valence-corrected chi connectivity index (χ4v) is 2.21. The van der Waals surface area contributed by atoms with Crippen molar-refractivity contribution in [3.8, 4) is 0 Å². The van der Waals surface area contributed by atoms with Crippen molar-refractivity contribution in [2.45, 2.75) is 33.7 Å². The highest BCUT2D eigenvalue weighted by Gasteiger charge is 2.16. The first kappa shape index (κ1) is 14.3. The minimum Gasteiger partial charge on any atom is -0.341 e. The van der Waals surface area contributed by atoms with Crippen LogP contribution in [0.25, 0.3) is 0 Å². The normalized spacial score (nSPS) is 10.8. The lowest BCUT2D eigenvalue weighted by Gasteiger charge is -2.21. The summed E-state index contributed by atoms with van der Waals surface area (Å²) in [5.74, 6) is 0.132. The Morgan fingerprint density at radius 3 is 2.80 bits per heavy atom. The third-order valence-electron chi connectivity index (χ3n) is 3.50. The summed E-state index contributed by atoms with van der Waals surface area (Å²) >= 11 is 0. The largest absolute Gasteiger partial charge is 0.341 e. The second-order valence-corrected chi connectivity index (χ2v) is 4.83. The van der Waals surface area contributed by atoms with E-state index in [0.29, 0.717) is 19.5 Å². The number of nitrogens with one attached hydrogen (secondary N) is 1. The van der Waals surface area contributed by atoms with E-state index in [1.807, 2.05) is 42.6 Å². The summed E-state index contributed by atoms with van der Waals surface area (Å²) in [6.45, 7) is 7.96. The number of nitrogens with zero attached hydrogens (tertiary/aromatic N) is 4. The molecule has 0 aliphatic heterocycles. The van der Waals surface area contributed by atoms with Gasteiger partial charge in [-0.3, -0.25) is 14.6 Å². The number of rotatable bonds is 6. The predicted octanol–water partition coefficient (Wildman–Crippen LogP) is 1.31. The average Bonchev–Trinajstić information content (AvgIpc) is 3.05. The Kier molecular flexibility index (Phi) is 4.55. The fraction of sp³-hybridized carbons (Fsp3) is 0.500. The van der Waals surface area contributed by atoms with Gasteiger partial charge in [-0.1, -0.05) is 0 Å². The number of amides is 1. The molecular weight excluding hydrogens is 254 g/mol. The van der Waals surface area contributed by atoms with Crippen molar-refractivity contribution in [2.24, 2.45) is 0 Å². The predicted molar refractivity (Wildman–Crippen MR) is 76.2 cm³/mol. The molecule has 20 heavy (non-hydrogen) atoms. The van der Waals surface area contributed by atoms with Gasteiger partial charge in [0.2, 0.25) is 5.91 Å². The number of carbonyl (C=O) groups excluding carboxylic acids is 1. The molecule has 1 amide bonds. The topological polar surface area (TPSA) is 66.8 Å². The zero-order valence-corrected chi connectivity index (χ0v) is 12.3. The van der Waals surface area contributed by atoms with Gasteiger partial charge < -0.3 is 4.90 Å². The van der Waals surface area contributed by atoms with E-state index in [0.717, 1.165) is 23.5 Å². The van der Waals surface area contributed by atoms with Gasteiger partial charge in [0, 0.05) is 36.7 Å². The van der Waals surface area contributed by atoms with E-state index in [-0.39, 0.29) is 5.91 Å². The van der Waals surface area contributed by atoms with Gasteiger partial charge in [-0.25, -0.2) is 0 Å². The number of H-pyrrole nitrogens is 1. The summed E-state index contributed by atoms with van der Waals surface area (Å²) in [4.78, 5) is 14.2. The van der Waals surface area contributed by atoms with Crippen LogP contribution in [0.4, 0.5) is 0 Å². The second kappa shape index (κ2) is 6.36. The maximum atomic E-state index is 12.4. The van der Waals surface area contributed by atoms with Crippen molar-refractivity contribution in [3.05, 3.63) is 35.4 Å². The van der Waals surface area contributed by atoms with Crippen molar-refractivity contribution in [1.82, 2.24) is 24.9 Å². The van der Waals surface area contributed by atoms with Gasteiger partial charge in [0.15, 0.2) is 0 Å². The van der Waals surface area contributed by atoms with Crippen LogP contribution in [0.3, 0.4) is 0 Å². The molecular formula is C14H21N5O. The molecule has 2 rings (SSSR count). The average molecular weight is 275 g/mol. The minimum atomic E-state index is 0.132. The number of hydrogen-bond donors (Lipinski definition) is 1. The number of hydrogen-bond acceptors (Lipinski definition) is 3. The van der Waals surface area contributed by atoms with E-state index in [2.05, 4.69) is 15.3 Å². The maximum Gasteiger partial charge on any atom is 0.227 e. The Balaban J connectivity index is 1.95. The highest BCUT2D eigenvalue weighted by molar-refractivity contribution is 5.79. The molecule has 1 N–H and O–H groups in total. The Hall–Kier alpha value is -2.11. The van der Waals surface area contributed by atoms with Gasteiger partial charge in [0.25, 0.3) is 0 Å². The van der Waals surface area contributed by atoms with Crippen molar-refractivity contribution in [1.29, 1.82) is 0 Å². The number of likely N-dealkylation sites (N-methyl/N-ethyl adjacent to an activating group) is 1.